The van der Waals surface area contributed by atoms with Crippen molar-refractivity contribution in [2.45, 2.75) is 26.3 Å². The van der Waals surface area contributed by atoms with Gasteiger partial charge in [0.25, 0.3) is 0 Å². The molecule has 2 aromatic rings. The summed E-state index contributed by atoms with van der Waals surface area (Å²) in [4.78, 5) is 0. The molecule has 1 aromatic heterocycles. The summed E-state index contributed by atoms with van der Waals surface area (Å²) in [6.07, 6.45) is 1.01. The predicted molar refractivity (Wildman–Crippen MR) is 72.3 cm³/mol. The molecule has 1 aliphatic rings. The molecule has 1 aromatic carbocycles. The molecule has 0 saturated heterocycles. The maximum atomic E-state index is 5.51. The van der Waals surface area contributed by atoms with E-state index in [9.17, 15) is 0 Å². The quantitative estimate of drug-likeness (QED) is 0.922. The third-order valence-corrected chi connectivity index (χ3v) is 3.85. The van der Waals surface area contributed by atoms with Gasteiger partial charge in [0.15, 0.2) is 0 Å². The van der Waals surface area contributed by atoms with Gasteiger partial charge < -0.3 is 10.1 Å². The van der Waals surface area contributed by atoms with E-state index in [1.165, 1.54) is 11.1 Å². The summed E-state index contributed by atoms with van der Waals surface area (Å²) in [7, 11) is 0. The van der Waals surface area contributed by atoms with Crippen molar-refractivity contribution in [2.24, 2.45) is 0 Å². The SMILES string of the molecule is Cc1nnc(NC(C)c2ccc3c(c2)CCO3)s1. The molecular formula is C13H15N3OS. The van der Waals surface area contributed by atoms with Crippen LogP contribution in [0.1, 0.15) is 29.1 Å². The normalized spacial score (nSPS) is 15.0. The molecule has 0 bridgehead atoms. The fraction of sp³-hybridized carbons (Fsp3) is 0.385. The number of fused-ring (bicyclic) bond motifs is 1. The lowest BCUT2D eigenvalue weighted by atomic mass is 10.0. The second kappa shape index (κ2) is 4.57. The van der Waals surface area contributed by atoms with Gasteiger partial charge in [-0.1, -0.05) is 17.4 Å². The number of aromatic nitrogens is 2. The van der Waals surface area contributed by atoms with Gasteiger partial charge >= 0.3 is 0 Å². The fourth-order valence-electron chi connectivity index (χ4n) is 2.10. The molecule has 1 unspecified atom stereocenters. The molecular weight excluding hydrogens is 246 g/mol. The highest BCUT2D eigenvalue weighted by molar-refractivity contribution is 7.15. The molecule has 0 fully saturated rings. The molecule has 3 rings (SSSR count). The molecule has 0 saturated carbocycles. The van der Waals surface area contributed by atoms with Gasteiger partial charge in [-0.05, 0) is 37.1 Å². The van der Waals surface area contributed by atoms with Gasteiger partial charge in [0.2, 0.25) is 5.13 Å². The standard InChI is InChI=1S/C13H15N3OS/c1-8(14-13-16-15-9(2)18-13)10-3-4-12-11(7-10)5-6-17-12/h3-4,7-8H,5-6H2,1-2H3,(H,14,16). The first-order valence-electron chi connectivity index (χ1n) is 6.04. The van der Waals surface area contributed by atoms with E-state index < -0.39 is 0 Å². The number of benzene rings is 1. The highest BCUT2D eigenvalue weighted by atomic mass is 32.1. The van der Waals surface area contributed by atoms with Crippen molar-refractivity contribution < 1.29 is 4.74 Å². The van der Waals surface area contributed by atoms with Crippen molar-refractivity contribution in [3.63, 3.8) is 0 Å². The molecule has 1 aliphatic heterocycles. The first-order valence-corrected chi connectivity index (χ1v) is 6.86. The van der Waals surface area contributed by atoms with Crippen LogP contribution in [0.2, 0.25) is 0 Å². The van der Waals surface area contributed by atoms with Gasteiger partial charge in [0.1, 0.15) is 10.8 Å². The number of hydrogen-bond donors (Lipinski definition) is 1. The number of rotatable bonds is 3. The Bertz CT molecular complexity index is 567. The number of anilines is 1. The van der Waals surface area contributed by atoms with Crippen LogP contribution in [0.4, 0.5) is 5.13 Å². The number of hydrogen-bond acceptors (Lipinski definition) is 5. The minimum Gasteiger partial charge on any atom is -0.493 e. The third kappa shape index (κ3) is 2.18. The van der Waals surface area contributed by atoms with Crippen LogP contribution in [0, 0.1) is 6.92 Å². The van der Waals surface area contributed by atoms with Crippen LogP contribution in [0.3, 0.4) is 0 Å². The average Bonchev–Trinajstić information content (AvgIpc) is 2.96. The topological polar surface area (TPSA) is 47.0 Å². The van der Waals surface area contributed by atoms with Crippen molar-refractivity contribution in [3.05, 3.63) is 34.3 Å². The van der Waals surface area contributed by atoms with Crippen LogP contribution in [0.15, 0.2) is 18.2 Å². The van der Waals surface area contributed by atoms with E-state index in [1.54, 1.807) is 11.3 Å². The van der Waals surface area contributed by atoms with E-state index in [0.717, 1.165) is 28.9 Å². The lowest BCUT2D eigenvalue weighted by molar-refractivity contribution is 0.357. The maximum absolute atomic E-state index is 5.51. The smallest absolute Gasteiger partial charge is 0.206 e. The molecule has 2 heterocycles. The van der Waals surface area contributed by atoms with Gasteiger partial charge in [0, 0.05) is 6.42 Å². The zero-order valence-corrected chi connectivity index (χ0v) is 11.3. The van der Waals surface area contributed by atoms with Crippen molar-refractivity contribution >= 4 is 16.5 Å². The predicted octanol–water partition coefficient (Wildman–Crippen LogP) is 2.95. The molecule has 1 atom stereocenters. The summed E-state index contributed by atoms with van der Waals surface area (Å²) in [5, 5.41) is 13.3. The summed E-state index contributed by atoms with van der Waals surface area (Å²) in [5.41, 5.74) is 2.56. The number of nitrogens with zero attached hydrogens (tertiary/aromatic N) is 2. The number of nitrogens with one attached hydrogen (secondary N) is 1. The lowest BCUT2D eigenvalue weighted by Crippen LogP contribution is -2.06. The zero-order chi connectivity index (χ0) is 12.5. The van der Waals surface area contributed by atoms with Crippen molar-refractivity contribution in [3.8, 4) is 5.75 Å². The largest absolute Gasteiger partial charge is 0.493 e. The summed E-state index contributed by atoms with van der Waals surface area (Å²) >= 11 is 1.58. The van der Waals surface area contributed by atoms with Crippen LogP contribution in [0.25, 0.3) is 0 Å². The summed E-state index contributed by atoms with van der Waals surface area (Å²) < 4.78 is 5.51. The van der Waals surface area contributed by atoms with Crippen LogP contribution in [0.5, 0.6) is 5.75 Å². The highest BCUT2D eigenvalue weighted by Gasteiger charge is 2.15. The third-order valence-electron chi connectivity index (χ3n) is 3.08. The molecule has 0 spiro atoms. The van der Waals surface area contributed by atoms with E-state index in [0.29, 0.717) is 0 Å². The Morgan fingerprint density at radius 3 is 3.06 bits per heavy atom. The van der Waals surface area contributed by atoms with Crippen LogP contribution in [-0.4, -0.2) is 16.8 Å². The Labute approximate surface area is 110 Å². The molecule has 1 N–H and O–H groups in total. The van der Waals surface area contributed by atoms with Gasteiger partial charge in [-0.3, -0.25) is 0 Å². The maximum Gasteiger partial charge on any atom is 0.206 e. The molecule has 18 heavy (non-hydrogen) atoms. The highest BCUT2D eigenvalue weighted by Crippen LogP contribution is 2.29. The second-order valence-electron chi connectivity index (χ2n) is 4.46. The summed E-state index contributed by atoms with van der Waals surface area (Å²) in [6.45, 7) is 4.89. The Morgan fingerprint density at radius 2 is 2.28 bits per heavy atom. The Morgan fingerprint density at radius 1 is 1.39 bits per heavy atom. The number of ether oxygens (including phenoxy) is 1. The van der Waals surface area contributed by atoms with Gasteiger partial charge in [-0.15, -0.1) is 10.2 Å². The Kier molecular flexibility index (Phi) is 2.91. The van der Waals surface area contributed by atoms with E-state index >= 15 is 0 Å². The molecule has 0 aliphatic carbocycles. The van der Waals surface area contributed by atoms with Crippen molar-refractivity contribution in [1.82, 2.24) is 10.2 Å². The van der Waals surface area contributed by atoms with Gasteiger partial charge in [0.05, 0.1) is 12.6 Å². The zero-order valence-electron chi connectivity index (χ0n) is 10.4. The summed E-state index contributed by atoms with van der Waals surface area (Å²) in [6, 6.07) is 6.60. The van der Waals surface area contributed by atoms with Crippen molar-refractivity contribution in [2.75, 3.05) is 11.9 Å². The number of aryl methyl sites for hydroxylation is 1. The van der Waals surface area contributed by atoms with Crippen LogP contribution < -0.4 is 10.1 Å². The minimum absolute atomic E-state index is 0.225. The molecule has 94 valence electrons. The van der Waals surface area contributed by atoms with Crippen molar-refractivity contribution in [1.29, 1.82) is 0 Å². The monoisotopic (exact) mass is 261 g/mol. The van der Waals surface area contributed by atoms with E-state index in [2.05, 4.69) is 40.6 Å². The molecule has 4 nitrogen and oxygen atoms in total. The second-order valence-corrected chi connectivity index (χ2v) is 5.64. The first-order chi connectivity index (χ1) is 8.72. The van der Waals surface area contributed by atoms with Crippen LogP contribution >= 0.6 is 11.3 Å². The minimum atomic E-state index is 0.225. The summed E-state index contributed by atoms with van der Waals surface area (Å²) in [5.74, 6) is 1.03. The van der Waals surface area contributed by atoms with Gasteiger partial charge in [-0.25, -0.2) is 0 Å². The lowest BCUT2D eigenvalue weighted by Gasteiger charge is -2.13. The van der Waals surface area contributed by atoms with E-state index in [1.807, 2.05) is 6.92 Å². The van der Waals surface area contributed by atoms with Gasteiger partial charge in [-0.2, -0.15) is 0 Å². The van der Waals surface area contributed by atoms with E-state index in [-0.39, 0.29) is 6.04 Å². The Balaban J connectivity index is 1.78. The van der Waals surface area contributed by atoms with E-state index in [4.69, 9.17) is 4.74 Å². The Hall–Kier alpha value is -1.62. The van der Waals surface area contributed by atoms with Crippen LogP contribution in [-0.2, 0) is 6.42 Å². The molecule has 0 radical (unpaired) electrons. The average molecular weight is 261 g/mol. The first kappa shape index (κ1) is 11.5. The molecule has 0 amide bonds. The fourth-order valence-corrected chi connectivity index (χ4v) is 2.78. The molecule has 5 heteroatoms.